The number of carbonyl (C=O) groups excluding carboxylic acids is 1. The van der Waals surface area contributed by atoms with E-state index in [9.17, 15) is 4.79 Å². The molecule has 2 bridgehead atoms. The normalized spacial score (nSPS) is 22.5. The average Bonchev–Trinajstić information content (AvgIpc) is 2.40. The van der Waals surface area contributed by atoms with Crippen molar-refractivity contribution in [2.75, 3.05) is 13.1 Å². The van der Waals surface area contributed by atoms with Gasteiger partial charge in [-0.3, -0.25) is 9.78 Å². The van der Waals surface area contributed by atoms with Crippen LogP contribution in [0.3, 0.4) is 0 Å². The highest BCUT2D eigenvalue weighted by molar-refractivity contribution is 5.98. The van der Waals surface area contributed by atoms with Gasteiger partial charge in [0.25, 0.3) is 0 Å². The summed E-state index contributed by atoms with van der Waals surface area (Å²) in [7, 11) is 0. The molecule has 3 saturated heterocycles. The highest BCUT2D eigenvalue weighted by atomic mass is 16.1. The number of hydrogen-bond acceptors (Lipinski definition) is 3. The van der Waals surface area contributed by atoms with Gasteiger partial charge in [-0.05, 0) is 30.9 Å². The van der Waals surface area contributed by atoms with Crippen molar-refractivity contribution >= 4 is 5.78 Å². The largest absolute Gasteiger partial charge is 0.369 e. The van der Waals surface area contributed by atoms with Crippen LogP contribution in [0.4, 0.5) is 0 Å². The number of ketones is 1. The molecular weight excluding hydrogens is 212 g/mol. The van der Waals surface area contributed by atoms with Gasteiger partial charge in [-0.1, -0.05) is 12.1 Å². The number of hydrogen-bond donors (Lipinski definition) is 0. The maximum atomic E-state index is 12.1. The topological polar surface area (TPSA) is 33.2 Å². The van der Waals surface area contributed by atoms with Crippen molar-refractivity contribution in [2.24, 2.45) is 5.92 Å². The average molecular weight is 228 g/mol. The number of Topliss-reactive ketones (excluding diaryl/α,β-unsaturated/α-hetero) is 1. The van der Waals surface area contributed by atoms with Crippen molar-refractivity contribution in [2.45, 2.75) is 19.3 Å². The van der Waals surface area contributed by atoms with Crippen LogP contribution in [0.5, 0.6) is 0 Å². The number of pyridine rings is 1. The van der Waals surface area contributed by atoms with Gasteiger partial charge in [0, 0.05) is 31.4 Å². The molecule has 17 heavy (non-hydrogen) atoms. The molecule has 3 heteroatoms. The molecule has 4 rings (SSSR count). The quantitative estimate of drug-likeness (QED) is 0.724. The van der Waals surface area contributed by atoms with Gasteiger partial charge in [-0.15, -0.1) is 0 Å². The predicted octanol–water partition coefficient (Wildman–Crippen LogP) is 1.80. The molecule has 3 nitrogen and oxygen atoms in total. The van der Waals surface area contributed by atoms with E-state index >= 15 is 0 Å². The standard InChI is InChI=1S/C14H16N2O/c17-14-12-5-8-16(9-6-12)13(14)4-3-11-2-1-7-15-10-11/h1-2,4,7,10,12H,3,5-6,8-9H2. The number of nitrogens with zero attached hydrogens (tertiary/aromatic N) is 2. The molecule has 0 aliphatic carbocycles. The van der Waals surface area contributed by atoms with Crippen LogP contribution in [0, 0.1) is 5.92 Å². The fraction of sp³-hybridized carbons (Fsp3) is 0.429. The molecule has 0 amide bonds. The van der Waals surface area contributed by atoms with Crippen LogP contribution in [0.2, 0.25) is 0 Å². The number of allylic oxidation sites excluding steroid dienone is 2. The van der Waals surface area contributed by atoms with Gasteiger partial charge >= 0.3 is 0 Å². The Hall–Kier alpha value is -1.64. The minimum Gasteiger partial charge on any atom is -0.369 e. The van der Waals surface area contributed by atoms with E-state index < -0.39 is 0 Å². The first-order valence-corrected chi connectivity index (χ1v) is 6.23. The number of carbonyl (C=O) groups is 1. The Morgan fingerprint density at radius 1 is 1.41 bits per heavy atom. The summed E-state index contributed by atoms with van der Waals surface area (Å²) in [5.41, 5.74) is 2.10. The fourth-order valence-corrected chi connectivity index (χ4v) is 2.71. The summed E-state index contributed by atoms with van der Waals surface area (Å²) in [4.78, 5) is 18.4. The van der Waals surface area contributed by atoms with Gasteiger partial charge in [0.2, 0.25) is 0 Å². The van der Waals surface area contributed by atoms with Gasteiger partial charge in [-0.2, -0.15) is 0 Å². The third kappa shape index (κ3) is 1.97. The molecule has 3 aliphatic heterocycles. The van der Waals surface area contributed by atoms with Crippen LogP contribution in [0.1, 0.15) is 18.4 Å². The fourth-order valence-electron chi connectivity index (χ4n) is 2.71. The summed E-state index contributed by atoms with van der Waals surface area (Å²) in [6.45, 7) is 2.10. The van der Waals surface area contributed by atoms with E-state index in [1.54, 1.807) is 6.20 Å². The van der Waals surface area contributed by atoms with E-state index in [0.29, 0.717) is 11.7 Å². The lowest BCUT2D eigenvalue weighted by Gasteiger charge is -2.41. The van der Waals surface area contributed by atoms with Gasteiger partial charge < -0.3 is 4.90 Å². The zero-order valence-corrected chi connectivity index (χ0v) is 9.80. The third-order valence-electron chi connectivity index (χ3n) is 3.71. The van der Waals surface area contributed by atoms with Gasteiger partial charge in [-0.25, -0.2) is 0 Å². The van der Waals surface area contributed by atoms with Gasteiger partial charge in [0.1, 0.15) is 0 Å². The first kappa shape index (κ1) is 10.5. The third-order valence-corrected chi connectivity index (χ3v) is 3.71. The summed E-state index contributed by atoms with van der Waals surface area (Å²) in [6.07, 6.45) is 8.60. The maximum Gasteiger partial charge on any atom is 0.181 e. The van der Waals surface area contributed by atoms with Crippen LogP contribution >= 0.6 is 0 Å². The van der Waals surface area contributed by atoms with Crippen molar-refractivity contribution in [3.63, 3.8) is 0 Å². The molecule has 3 aliphatic rings. The minimum atomic E-state index is 0.292. The van der Waals surface area contributed by atoms with Crippen molar-refractivity contribution < 1.29 is 4.79 Å². The lowest BCUT2D eigenvalue weighted by molar-refractivity contribution is -0.125. The summed E-state index contributed by atoms with van der Waals surface area (Å²) < 4.78 is 0. The van der Waals surface area contributed by atoms with Crippen molar-refractivity contribution in [1.29, 1.82) is 0 Å². The van der Waals surface area contributed by atoms with Gasteiger partial charge in [0.05, 0.1) is 5.70 Å². The highest BCUT2D eigenvalue weighted by Crippen LogP contribution is 2.31. The summed E-state index contributed by atoms with van der Waals surface area (Å²) in [6, 6.07) is 3.98. The van der Waals surface area contributed by atoms with Crippen LogP contribution in [-0.2, 0) is 11.2 Å². The van der Waals surface area contributed by atoms with Crippen LogP contribution < -0.4 is 0 Å². The maximum absolute atomic E-state index is 12.1. The minimum absolute atomic E-state index is 0.292. The zero-order valence-electron chi connectivity index (χ0n) is 9.80. The first-order valence-electron chi connectivity index (χ1n) is 6.23. The second-order valence-corrected chi connectivity index (χ2v) is 4.78. The molecule has 0 atom stereocenters. The second-order valence-electron chi connectivity index (χ2n) is 4.78. The molecule has 1 aromatic rings. The van der Waals surface area contributed by atoms with E-state index in [1.165, 1.54) is 0 Å². The van der Waals surface area contributed by atoms with Crippen LogP contribution in [0.15, 0.2) is 36.3 Å². The van der Waals surface area contributed by atoms with E-state index in [1.807, 2.05) is 18.3 Å². The van der Waals surface area contributed by atoms with E-state index in [4.69, 9.17) is 0 Å². The lowest BCUT2D eigenvalue weighted by Crippen LogP contribution is -2.46. The smallest absolute Gasteiger partial charge is 0.181 e. The Balaban J connectivity index is 1.78. The van der Waals surface area contributed by atoms with E-state index in [2.05, 4.69) is 16.0 Å². The monoisotopic (exact) mass is 228 g/mol. The molecular formula is C14H16N2O. The van der Waals surface area contributed by atoms with E-state index in [0.717, 1.165) is 43.6 Å². The first-order chi connectivity index (χ1) is 8.34. The molecule has 0 aromatic carbocycles. The molecule has 1 aromatic heterocycles. The summed E-state index contributed by atoms with van der Waals surface area (Å²) >= 11 is 0. The summed E-state index contributed by atoms with van der Waals surface area (Å²) in [5.74, 6) is 0.645. The number of rotatable bonds is 2. The number of piperidine rings is 3. The number of fused-ring (bicyclic) bond motifs is 3. The molecule has 0 spiro atoms. The van der Waals surface area contributed by atoms with Crippen molar-refractivity contribution in [3.05, 3.63) is 41.9 Å². The Kier molecular flexibility index (Phi) is 2.67. The van der Waals surface area contributed by atoms with E-state index in [-0.39, 0.29) is 0 Å². The Morgan fingerprint density at radius 3 is 2.88 bits per heavy atom. The van der Waals surface area contributed by atoms with Crippen molar-refractivity contribution in [1.82, 2.24) is 9.88 Å². The number of aromatic nitrogens is 1. The van der Waals surface area contributed by atoms with Crippen LogP contribution in [0.25, 0.3) is 0 Å². The van der Waals surface area contributed by atoms with Gasteiger partial charge in [0.15, 0.2) is 5.78 Å². The Morgan fingerprint density at radius 2 is 2.24 bits per heavy atom. The molecule has 88 valence electrons. The lowest BCUT2D eigenvalue weighted by atomic mass is 9.84. The van der Waals surface area contributed by atoms with Crippen molar-refractivity contribution in [3.8, 4) is 0 Å². The molecule has 0 unspecified atom stereocenters. The molecule has 0 saturated carbocycles. The molecule has 3 fully saturated rings. The molecule has 4 heterocycles. The predicted molar refractivity (Wildman–Crippen MR) is 65.3 cm³/mol. The highest BCUT2D eigenvalue weighted by Gasteiger charge is 2.35. The molecule has 0 N–H and O–H groups in total. The van der Waals surface area contributed by atoms with Crippen LogP contribution in [-0.4, -0.2) is 28.8 Å². The Labute approximate surface area is 101 Å². The summed E-state index contributed by atoms with van der Waals surface area (Å²) in [5, 5.41) is 0. The molecule has 0 radical (unpaired) electrons. The Bertz CT molecular complexity index is 445. The second kappa shape index (κ2) is 4.32. The zero-order chi connectivity index (χ0) is 11.7. The SMILES string of the molecule is O=C1C(=CCc2cccnc2)N2CCC1CC2.